The first kappa shape index (κ1) is 15.3. The van der Waals surface area contributed by atoms with Crippen molar-refractivity contribution in [3.63, 3.8) is 0 Å². The molecule has 1 heterocycles. The number of benzene rings is 1. The van der Waals surface area contributed by atoms with Crippen LogP contribution in [0.2, 0.25) is 5.02 Å². The Morgan fingerprint density at radius 1 is 1.19 bits per heavy atom. The predicted molar refractivity (Wildman–Crippen MR) is 84.1 cm³/mol. The van der Waals surface area contributed by atoms with Crippen LogP contribution in [0.4, 0.5) is 11.9 Å². The van der Waals surface area contributed by atoms with Crippen molar-refractivity contribution >= 4 is 23.5 Å². The van der Waals surface area contributed by atoms with Crippen LogP contribution < -0.4 is 15.0 Å². The highest BCUT2D eigenvalue weighted by Crippen LogP contribution is 2.17. The topological polar surface area (TPSA) is 63.2 Å². The third kappa shape index (κ3) is 4.19. The fourth-order valence-electron chi connectivity index (χ4n) is 1.76. The molecule has 0 aliphatic carbocycles. The van der Waals surface area contributed by atoms with Crippen molar-refractivity contribution < 1.29 is 4.74 Å². The molecule has 1 aromatic heterocycles. The number of anilines is 2. The molecule has 7 heteroatoms. The molecular formula is C14H18ClN5O. The Hall–Kier alpha value is -2.08. The maximum Gasteiger partial charge on any atom is 0.323 e. The van der Waals surface area contributed by atoms with E-state index >= 15 is 0 Å². The van der Waals surface area contributed by atoms with Gasteiger partial charge in [-0.2, -0.15) is 15.0 Å². The minimum absolute atomic E-state index is 0.315. The number of aromatic nitrogens is 3. The molecule has 0 fully saturated rings. The van der Waals surface area contributed by atoms with Gasteiger partial charge in [-0.1, -0.05) is 23.7 Å². The van der Waals surface area contributed by atoms with Gasteiger partial charge in [0.1, 0.15) is 0 Å². The fourth-order valence-corrected chi connectivity index (χ4v) is 1.88. The quantitative estimate of drug-likeness (QED) is 0.885. The van der Waals surface area contributed by atoms with Crippen LogP contribution in [-0.2, 0) is 6.54 Å². The summed E-state index contributed by atoms with van der Waals surface area (Å²) in [7, 11) is 3.67. The van der Waals surface area contributed by atoms with Crippen LogP contribution in [0.3, 0.4) is 0 Å². The zero-order valence-corrected chi connectivity index (χ0v) is 13.1. The summed E-state index contributed by atoms with van der Waals surface area (Å²) < 4.78 is 5.36. The number of halogens is 1. The number of nitrogens with zero attached hydrogens (tertiary/aromatic N) is 4. The van der Waals surface area contributed by atoms with E-state index in [1.165, 1.54) is 0 Å². The average molecular weight is 308 g/mol. The Morgan fingerprint density at radius 3 is 2.52 bits per heavy atom. The SMILES string of the molecule is CCOc1nc(NC)nc(N(C)Cc2ccc(Cl)cc2)n1. The second-order valence-electron chi connectivity index (χ2n) is 4.41. The lowest BCUT2D eigenvalue weighted by Crippen LogP contribution is -2.20. The van der Waals surface area contributed by atoms with Crippen molar-refractivity contribution in [3.8, 4) is 6.01 Å². The first-order valence-electron chi connectivity index (χ1n) is 6.64. The Morgan fingerprint density at radius 2 is 1.90 bits per heavy atom. The van der Waals surface area contributed by atoms with Gasteiger partial charge in [-0.25, -0.2) is 0 Å². The van der Waals surface area contributed by atoms with Crippen LogP contribution >= 0.6 is 11.6 Å². The van der Waals surface area contributed by atoms with Crippen molar-refractivity contribution in [3.05, 3.63) is 34.9 Å². The lowest BCUT2D eigenvalue weighted by atomic mass is 10.2. The zero-order valence-electron chi connectivity index (χ0n) is 12.3. The molecule has 6 nitrogen and oxygen atoms in total. The van der Waals surface area contributed by atoms with Crippen molar-refractivity contribution in [2.45, 2.75) is 13.5 Å². The largest absolute Gasteiger partial charge is 0.464 e. The Balaban J connectivity index is 2.19. The van der Waals surface area contributed by atoms with E-state index in [4.69, 9.17) is 16.3 Å². The van der Waals surface area contributed by atoms with Crippen molar-refractivity contribution in [1.82, 2.24) is 15.0 Å². The number of hydrogen-bond acceptors (Lipinski definition) is 6. The Bertz CT molecular complexity index is 590. The highest BCUT2D eigenvalue weighted by Gasteiger charge is 2.11. The molecule has 2 rings (SSSR count). The molecule has 0 atom stereocenters. The van der Waals surface area contributed by atoms with Crippen LogP contribution in [0, 0.1) is 0 Å². The molecule has 0 amide bonds. The summed E-state index contributed by atoms with van der Waals surface area (Å²) in [4.78, 5) is 14.7. The number of nitrogens with one attached hydrogen (secondary N) is 1. The molecule has 0 aliphatic rings. The summed E-state index contributed by atoms with van der Waals surface area (Å²) in [6, 6.07) is 7.99. The fraction of sp³-hybridized carbons (Fsp3) is 0.357. The second kappa shape index (κ2) is 7.08. The van der Waals surface area contributed by atoms with E-state index in [0.29, 0.717) is 31.1 Å². The maximum absolute atomic E-state index is 5.89. The smallest absolute Gasteiger partial charge is 0.323 e. The molecule has 0 saturated carbocycles. The third-order valence-corrected chi connectivity index (χ3v) is 3.03. The first-order chi connectivity index (χ1) is 10.1. The van der Waals surface area contributed by atoms with Crippen LogP contribution in [-0.4, -0.2) is 35.7 Å². The zero-order chi connectivity index (χ0) is 15.2. The summed E-state index contributed by atoms with van der Waals surface area (Å²) in [6.07, 6.45) is 0. The summed E-state index contributed by atoms with van der Waals surface area (Å²) in [6.45, 7) is 3.06. The van der Waals surface area contributed by atoms with E-state index in [1.807, 2.05) is 43.1 Å². The van der Waals surface area contributed by atoms with Crippen LogP contribution in [0.5, 0.6) is 6.01 Å². The number of hydrogen-bond donors (Lipinski definition) is 1. The van der Waals surface area contributed by atoms with Gasteiger partial charge in [-0.3, -0.25) is 0 Å². The summed E-state index contributed by atoms with van der Waals surface area (Å²) in [5, 5.41) is 3.63. The van der Waals surface area contributed by atoms with Crippen molar-refractivity contribution in [1.29, 1.82) is 0 Å². The maximum atomic E-state index is 5.89. The molecule has 2 aromatic rings. The molecule has 0 radical (unpaired) electrons. The minimum Gasteiger partial charge on any atom is -0.464 e. The number of ether oxygens (including phenoxy) is 1. The summed E-state index contributed by atoms with van der Waals surface area (Å²) >= 11 is 5.89. The van der Waals surface area contributed by atoms with E-state index in [0.717, 1.165) is 10.6 Å². The molecule has 0 unspecified atom stereocenters. The molecule has 21 heavy (non-hydrogen) atoms. The summed E-state index contributed by atoms with van der Waals surface area (Å²) in [5.41, 5.74) is 1.12. The molecule has 112 valence electrons. The lowest BCUT2D eigenvalue weighted by molar-refractivity contribution is 0.312. The molecule has 0 saturated heterocycles. The normalized spacial score (nSPS) is 10.3. The Labute approximate surface area is 129 Å². The monoisotopic (exact) mass is 307 g/mol. The average Bonchev–Trinajstić information content (AvgIpc) is 2.49. The predicted octanol–water partition coefficient (Wildman–Crippen LogP) is 2.60. The first-order valence-corrected chi connectivity index (χ1v) is 7.02. The Kier molecular flexibility index (Phi) is 5.16. The van der Waals surface area contributed by atoms with Gasteiger partial charge in [0.15, 0.2) is 0 Å². The van der Waals surface area contributed by atoms with E-state index in [9.17, 15) is 0 Å². The molecule has 0 aliphatic heterocycles. The van der Waals surface area contributed by atoms with Gasteiger partial charge >= 0.3 is 6.01 Å². The standard InChI is InChI=1S/C14H18ClN5O/c1-4-21-14-18-12(16-2)17-13(19-14)20(3)9-10-5-7-11(15)8-6-10/h5-8H,4,9H2,1-3H3,(H,16,17,18,19). The van der Waals surface area contributed by atoms with E-state index in [1.54, 1.807) is 7.05 Å². The van der Waals surface area contributed by atoms with Gasteiger partial charge < -0.3 is 15.0 Å². The van der Waals surface area contributed by atoms with Gasteiger partial charge in [0, 0.05) is 25.7 Å². The second-order valence-corrected chi connectivity index (χ2v) is 4.84. The van der Waals surface area contributed by atoms with Crippen LogP contribution in [0.25, 0.3) is 0 Å². The minimum atomic E-state index is 0.315. The van der Waals surface area contributed by atoms with Gasteiger partial charge in [0.2, 0.25) is 11.9 Å². The van der Waals surface area contributed by atoms with Gasteiger partial charge in [-0.05, 0) is 24.6 Å². The van der Waals surface area contributed by atoms with E-state index in [2.05, 4.69) is 20.3 Å². The van der Waals surface area contributed by atoms with Crippen molar-refractivity contribution in [2.24, 2.45) is 0 Å². The lowest BCUT2D eigenvalue weighted by Gasteiger charge is -2.18. The van der Waals surface area contributed by atoms with Gasteiger partial charge in [0.25, 0.3) is 0 Å². The highest BCUT2D eigenvalue weighted by molar-refractivity contribution is 6.30. The third-order valence-electron chi connectivity index (χ3n) is 2.77. The summed E-state index contributed by atoms with van der Waals surface area (Å²) in [5.74, 6) is 1.03. The molecule has 0 bridgehead atoms. The molecule has 0 spiro atoms. The van der Waals surface area contributed by atoms with Crippen LogP contribution in [0.15, 0.2) is 24.3 Å². The van der Waals surface area contributed by atoms with E-state index < -0.39 is 0 Å². The molecule has 1 N–H and O–H groups in total. The van der Waals surface area contributed by atoms with Crippen molar-refractivity contribution in [2.75, 3.05) is 30.9 Å². The van der Waals surface area contributed by atoms with Crippen LogP contribution in [0.1, 0.15) is 12.5 Å². The van der Waals surface area contributed by atoms with E-state index in [-0.39, 0.29) is 0 Å². The number of rotatable bonds is 6. The van der Waals surface area contributed by atoms with Gasteiger partial charge in [-0.15, -0.1) is 0 Å². The highest BCUT2D eigenvalue weighted by atomic mass is 35.5. The molecule has 1 aromatic carbocycles. The van der Waals surface area contributed by atoms with Gasteiger partial charge in [0.05, 0.1) is 6.61 Å². The molecular weight excluding hydrogens is 290 g/mol.